The van der Waals surface area contributed by atoms with Crippen LogP contribution in [0.1, 0.15) is 64.7 Å². The molecule has 0 aliphatic rings. The van der Waals surface area contributed by atoms with E-state index >= 15 is 0 Å². The maximum Gasteiger partial charge on any atom is 0.0145 e. The van der Waals surface area contributed by atoms with E-state index in [4.69, 9.17) is 0 Å². The van der Waals surface area contributed by atoms with Gasteiger partial charge in [-0.15, -0.1) is 0 Å². The molecule has 1 unspecified atom stereocenters. The zero-order valence-electron chi connectivity index (χ0n) is 9.40. The van der Waals surface area contributed by atoms with E-state index in [0.29, 0.717) is 0 Å². The van der Waals surface area contributed by atoms with Crippen molar-refractivity contribution in [3.63, 3.8) is 0 Å². The molecule has 1 atom stereocenters. The van der Waals surface area contributed by atoms with Gasteiger partial charge in [-0.3, -0.25) is 0 Å². The summed E-state index contributed by atoms with van der Waals surface area (Å²) in [5.41, 5.74) is 0. The van der Waals surface area contributed by atoms with Gasteiger partial charge in [-0.1, -0.05) is 77.3 Å². The van der Waals surface area contributed by atoms with Gasteiger partial charge in [0.05, 0.1) is 0 Å². The quantitative estimate of drug-likeness (QED) is 0.358. The van der Waals surface area contributed by atoms with Crippen LogP contribution in [0.25, 0.3) is 0 Å². The molecule has 0 amide bonds. The molecule has 2 heteroatoms. The number of rotatable bonds is 10. The zero-order valence-corrected chi connectivity index (χ0v) is 12.6. The van der Waals surface area contributed by atoms with Gasteiger partial charge in [0.2, 0.25) is 0 Å². The van der Waals surface area contributed by atoms with Gasteiger partial charge in [-0.05, 0) is 19.3 Å². The monoisotopic (exact) mass is 326 g/mol. The number of hydrogen-bond donors (Lipinski definition) is 0. The summed E-state index contributed by atoms with van der Waals surface area (Å²) in [4.78, 5) is 0.767. The molecule has 0 aromatic heterocycles. The Bertz CT molecular complexity index is 104. The summed E-state index contributed by atoms with van der Waals surface area (Å²) in [5.74, 6) is 0. The van der Waals surface area contributed by atoms with Crippen molar-refractivity contribution in [1.29, 1.82) is 0 Å². The lowest BCUT2D eigenvalue weighted by Crippen LogP contribution is -1.97. The van der Waals surface area contributed by atoms with E-state index in [1.54, 1.807) is 0 Å². The predicted molar refractivity (Wildman–Crippen MR) is 73.7 cm³/mol. The van der Waals surface area contributed by atoms with Crippen LogP contribution >= 0.6 is 31.9 Å². The fraction of sp³-hybridized carbons (Fsp3) is 1.00. The Morgan fingerprint density at radius 1 is 0.857 bits per heavy atom. The third-order valence-electron chi connectivity index (χ3n) is 2.52. The molecule has 0 nitrogen and oxygen atoms in total. The molecule has 0 saturated heterocycles. The topological polar surface area (TPSA) is 0 Å². The standard InChI is InChI=1S/C12H24Br2/c1-2-3-4-5-6-9-12(14)10-7-8-11-13/h12H,2-11H2,1H3. The molecule has 14 heavy (non-hydrogen) atoms. The minimum atomic E-state index is 0.767. The van der Waals surface area contributed by atoms with Crippen LogP contribution in [0.15, 0.2) is 0 Å². The predicted octanol–water partition coefficient (Wildman–Crippen LogP) is 5.68. The van der Waals surface area contributed by atoms with Crippen molar-refractivity contribution in [2.45, 2.75) is 69.5 Å². The van der Waals surface area contributed by atoms with Gasteiger partial charge >= 0.3 is 0 Å². The Morgan fingerprint density at radius 3 is 2.00 bits per heavy atom. The van der Waals surface area contributed by atoms with E-state index in [0.717, 1.165) is 10.2 Å². The molecular formula is C12H24Br2. The number of halogens is 2. The summed E-state index contributed by atoms with van der Waals surface area (Å²) in [5, 5.41) is 1.16. The molecule has 86 valence electrons. The molecule has 0 radical (unpaired) electrons. The van der Waals surface area contributed by atoms with Gasteiger partial charge in [-0.2, -0.15) is 0 Å². The SMILES string of the molecule is CCCCCCCC(Br)CCCCBr. The van der Waals surface area contributed by atoms with E-state index in [1.807, 2.05) is 0 Å². The Labute approximate surface area is 106 Å². The molecule has 0 fully saturated rings. The van der Waals surface area contributed by atoms with E-state index in [1.165, 1.54) is 57.8 Å². The molecule has 0 spiro atoms. The second-order valence-electron chi connectivity index (χ2n) is 3.98. The summed E-state index contributed by atoms with van der Waals surface area (Å²) < 4.78 is 0. The molecule has 0 aliphatic carbocycles. The Morgan fingerprint density at radius 2 is 1.43 bits per heavy atom. The number of hydrogen-bond acceptors (Lipinski definition) is 0. The fourth-order valence-electron chi connectivity index (χ4n) is 1.57. The van der Waals surface area contributed by atoms with Crippen molar-refractivity contribution in [3.8, 4) is 0 Å². The van der Waals surface area contributed by atoms with Gasteiger partial charge in [0.25, 0.3) is 0 Å². The lowest BCUT2D eigenvalue weighted by Gasteiger charge is -2.08. The summed E-state index contributed by atoms with van der Waals surface area (Å²) in [6, 6.07) is 0. The average molecular weight is 328 g/mol. The molecule has 0 N–H and O–H groups in total. The third-order valence-corrected chi connectivity index (χ3v) is 4.00. The molecule has 0 aliphatic heterocycles. The average Bonchev–Trinajstić information content (AvgIpc) is 2.18. The maximum atomic E-state index is 3.76. The largest absolute Gasteiger partial charge is 0.0928 e. The van der Waals surface area contributed by atoms with Crippen molar-refractivity contribution < 1.29 is 0 Å². The van der Waals surface area contributed by atoms with Gasteiger partial charge in [0.1, 0.15) is 0 Å². The first-order chi connectivity index (χ1) is 6.81. The van der Waals surface area contributed by atoms with Gasteiger partial charge in [0.15, 0.2) is 0 Å². The van der Waals surface area contributed by atoms with Crippen LogP contribution in [0.4, 0.5) is 0 Å². The summed E-state index contributed by atoms with van der Waals surface area (Å²) in [6.45, 7) is 2.27. The molecule has 0 aromatic carbocycles. The number of alkyl halides is 2. The first kappa shape index (κ1) is 15.0. The molecule has 0 saturated carbocycles. The van der Waals surface area contributed by atoms with Gasteiger partial charge < -0.3 is 0 Å². The molecular weight excluding hydrogens is 304 g/mol. The second-order valence-corrected chi connectivity index (χ2v) is 6.07. The molecule has 0 rings (SSSR count). The van der Waals surface area contributed by atoms with Crippen LogP contribution in [-0.4, -0.2) is 10.2 Å². The minimum Gasteiger partial charge on any atom is -0.0928 e. The van der Waals surface area contributed by atoms with E-state index in [-0.39, 0.29) is 0 Å². The van der Waals surface area contributed by atoms with Gasteiger partial charge in [0, 0.05) is 10.2 Å². The molecule has 0 heterocycles. The summed E-state index contributed by atoms with van der Waals surface area (Å²) in [6.07, 6.45) is 12.4. The van der Waals surface area contributed by atoms with Crippen molar-refractivity contribution in [2.24, 2.45) is 0 Å². The van der Waals surface area contributed by atoms with Crippen molar-refractivity contribution >= 4 is 31.9 Å². The molecule has 0 aromatic rings. The molecule has 0 bridgehead atoms. The Kier molecular flexibility index (Phi) is 12.9. The number of unbranched alkanes of at least 4 members (excludes halogenated alkanes) is 5. The van der Waals surface area contributed by atoms with Crippen LogP contribution in [0.2, 0.25) is 0 Å². The van der Waals surface area contributed by atoms with E-state index in [9.17, 15) is 0 Å². The third kappa shape index (κ3) is 11.0. The maximum absolute atomic E-state index is 3.76. The van der Waals surface area contributed by atoms with Crippen LogP contribution in [0.3, 0.4) is 0 Å². The summed E-state index contributed by atoms with van der Waals surface area (Å²) >= 11 is 7.23. The fourth-order valence-corrected chi connectivity index (χ4v) is 2.62. The second kappa shape index (κ2) is 12.0. The Hall–Kier alpha value is 0.960. The van der Waals surface area contributed by atoms with Crippen LogP contribution in [0, 0.1) is 0 Å². The van der Waals surface area contributed by atoms with E-state index in [2.05, 4.69) is 38.8 Å². The van der Waals surface area contributed by atoms with Gasteiger partial charge in [-0.25, -0.2) is 0 Å². The first-order valence-corrected chi connectivity index (χ1v) is 8.05. The minimum absolute atomic E-state index is 0.767. The summed E-state index contributed by atoms with van der Waals surface area (Å²) in [7, 11) is 0. The normalized spacial score (nSPS) is 13.1. The smallest absolute Gasteiger partial charge is 0.0145 e. The highest BCUT2D eigenvalue weighted by molar-refractivity contribution is 9.09. The first-order valence-electron chi connectivity index (χ1n) is 6.01. The Balaban J connectivity index is 3.06. The van der Waals surface area contributed by atoms with Crippen LogP contribution in [0.5, 0.6) is 0 Å². The van der Waals surface area contributed by atoms with E-state index < -0.39 is 0 Å². The highest BCUT2D eigenvalue weighted by Gasteiger charge is 2.02. The van der Waals surface area contributed by atoms with Crippen molar-refractivity contribution in [3.05, 3.63) is 0 Å². The van der Waals surface area contributed by atoms with Crippen molar-refractivity contribution in [2.75, 3.05) is 5.33 Å². The van der Waals surface area contributed by atoms with Crippen LogP contribution < -0.4 is 0 Å². The van der Waals surface area contributed by atoms with Crippen molar-refractivity contribution in [1.82, 2.24) is 0 Å². The zero-order chi connectivity index (χ0) is 10.6. The lowest BCUT2D eigenvalue weighted by atomic mass is 10.1. The van der Waals surface area contributed by atoms with Crippen LogP contribution in [-0.2, 0) is 0 Å². The highest BCUT2D eigenvalue weighted by atomic mass is 79.9. The highest BCUT2D eigenvalue weighted by Crippen LogP contribution is 2.18. The lowest BCUT2D eigenvalue weighted by molar-refractivity contribution is 0.576.